The van der Waals surface area contributed by atoms with E-state index in [1.54, 1.807) is 0 Å². The fraction of sp³-hybridized carbons (Fsp3) is 0.611. The number of aliphatic imine (C=N–C) groups is 1. The molecule has 1 aromatic carbocycles. The Kier molecular flexibility index (Phi) is 4.47. The van der Waals surface area contributed by atoms with E-state index in [2.05, 4.69) is 47.5 Å². The summed E-state index contributed by atoms with van der Waals surface area (Å²) in [4.78, 5) is 7.33. The van der Waals surface area contributed by atoms with Gasteiger partial charge in [-0.15, -0.1) is 0 Å². The largest absolute Gasteiger partial charge is 0.357 e. The van der Waals surface area contributed by atoms with Gasteiger partial charge in [0, 0.05) is 26.2 Å². The SMILES string of the molecule is CCNC(=NCCc1ccccc1)N1CCC2(CCC2)C1. The van der Waals surface area contributed by atoms with E-state index in [0.29, 0.717) is 5.41 Å². The lowest BCUT2D eigenvalue weighted by atomic mass is 9.68. The van der Waals surface area contributed by atoms with Crippen LogP contribution in [0, 0.1) is 5.41 Å². The summed E-state index contributed by atoms with van der Waals surface area (Å²) >= 11 is 0. The standard InChI is InChI=1S/C18H27N3/c1-2-19-17(20-13-9-16-7-4-3-5-8-16)21-14-12-18(15-21)10-6-11-18/h3-5,7-8H,2,6,9-15H2,1H3,(H,19,20). The number of nitrogens with one attached hydrogen (secondary N) is 1. The van der Waals surface area contributed by atoms with Crippen LogP contribution < -0.4 is 5.32 Å². The number of benzene rings is 1. The molecule has 1 aliphatic heterocycles. The molecule has 21 heavy (non-hydrogen) atoms. The summed E-state index contributed by atoms with van der Waals surface area (Å²) in [6, 6.07) is 10.6. The van der Waals surface area contributed by atoms with Crippen LogP contribution in [0.15, 0.2) is 35.3 Å². The molecule has 0 unspecified atom stereocenters. The van der Waals surface area contributed by atoms with Crippen molar-refractivity contribution in [1.82, 2.24) is 10.2 Å². The highest BCUT2D eigenvalue weighted by Crippen LogP contribution is 2.47. The highest BCUT2D eigenvalue weighted by molar-refractivity contribution is 5.80. The van der Waals surface area contributed by atoms with E-state index in [9.17, 15) is 0 Å². The predicted molar refractivity (Wildman–Crippen MR) is 88.6 cm³/mol. The van der Waals surface area contributed by atoms with Gasteiger partial charge in [0.25, 0.3) is 0 Å². The van der Waals surface area contributed by atoms with Crippen molar-refractivity contribution in [3.63, 3.8) is 0 Å². The van der Waals surface area contributed by atoms with Gasteiger partial charge in [-0.3, -0.25) is 4.99 Å². The summed E-state index contributed by atoms with van der Waals surface area (Å²) in [6.45, 7) is 6.37. The Hall–Kier alpha value is -1.51. The van der Waals surface area contributed by atoms with E-state index in [1.807, 2.05) is 0 Å². The topological polar surface area (TPSA) is 27.6 Å². The highest BCUT2D eigenvalue weighted by atomic mass is 15.3. The maximum Gasteiger partial charge on any atom is 0.193 e. The third-order valence-electron chi connectivity index (χ3n) is 4.99. The first-order chi connectivity index (χ1) is 10.3. The van der Waals surface area contributed by atoms with E-state index in [-0.39, 0.29) is 0 Å². The summed E-state index contributed by atoms with van der Waals surface area (Å²) < 4.78 is 0. The molecule has 1 heterocycles. The van der Waals surface area contributed by atoms with Crippen molar-refractivity contribution in [3.05, 3.63) is 35.9 Å². The first kappa shape index (κ1) is 14.4. The van der Waals surface area contributed by atoms with Crippen LogP contribution in [0.25, 0.3) is 0 Å². The Morgan fingerprint density at radius 3 is 2.67 bits per heavy atom. The third-order valence-corrected chi connectivity index (χ3v) is 4.99. The molecule has 1 spiro atoms. The van der Waals surface area contributed by atoms with Gasteiger partial charge in [-0.25, -0.2) is 0 Å². The molecule has 1 saturated carbocycles. The van der Waals surface area contributed by atoms with Crippen LogP contribution in [-0.2, 0) is 6.42 Å². The molecule has 0 bridgehead atoms. The van der Waals surface area contributed by atoms with Gasteiger partial charge in [0.15, 0.2) is 5.96 Å². The second-order valence-corrected chi connectivity index (χ2v) is 6.50. The molecule has 114 valence electrons. The van der Waals surface area contributed by atoms with Crippen LogP contribution in [-0.4, -0.2) is 37.0 Å². The Morgan fingerprint density at radius 2 is 2.05 bits per heavy atom. The number of guanidine groups is 1. The Balaban J connectivity index is 1.57. The number of hydrogen-bond acceptors (Lipinski definition) is 1. The molecule has 3 heteroatoms. The van der Waals surface area contributed by atoms with Crippen LogP contribution in [0.2, 0.25) is 0 Å². The molecule has 2 aliphatic rings. The third kappa shape index (κ3) is 3.39. The van der Waals surface area contributed by atoms with E-state index in [0.717, 1.165) is 25.5 Å². The Morgan fingerprint density at radius 1 is 1.24 bits per heavy atom. The number of hydrogen-bond donors (Lipinski definition) is 1. The van der Waals surface area contributed by atoms with Gasteiger partial charge >= 0.3 is 0 Å². The summed E-state index contributed by atoms with van der Waals surface area (Å²) in [7, 11) is 0. The van der Waals surface area contributed by atoms with Gasteiger partial charge in [-0.1, -0.05) is 36.8 Å². The van der Waals surface area contributed by atoms with Gasteiger partial charge < -0.3 is 10.2 Å². The minimum Gasteiger partial charge on any atom is -0.357 e. The molecule has 0 radical (unpaired) electrons. The molecule has 1 aromatic rings. The van der Waals surface area contributed by atoms with Gasteiger partial charge in [0.05, 0.1) is 0 Å². The quantitative estimate of drug-likeness (QED) is 0.680. The lowest BCUT2D eigenvalue weighted by Gasteiger charge is -2.38. The smallest absolute Gasteiger partial charge is 0.193 e. The molecule has 3 nitrogen and oxygen atoms in total. The molecular formula is C18H27N3. The van der Waals surface area contributed by atoms with Crippen molar-refractivity contribution in [1.29, 1.82) is 0 Å². The lowest BCUT2D eigenvalue weighted by molar-refractivity contribution is 0.151. The zero-order valence-electron chi connectivity index (χ0n) is 13.1. The minimum atomic E-state index is 0.635. The highest BCUT2D eigenvalue weighted by Gasteiger charge is 2.43. The van der Waals surface area contributed by atoms with E-state index in [4.69, 9.17) is 4.99 Å². The molecule has 1 saturated heterocycles. The van der Waals surface area contributed by atoms with E-state index in [1.165, 1.54) is 44.3 Å². The summed E-state index contributed by atoms with van der Waals surface area (Å²) in [5, 5.41) is 3.47. The van der Waals surface area contributed by atoms with Gasteiger partial charge in [0.1, 0.15) is 0 Å². The molecule has 0 aromatic heterocycles. The Bertz CT molecular complexity index is 476. The first-order valence-corrected chi connectivity index (χ1v) is 8.39. The lowest BCUT2D eigenvalue weighted by Crippen LogP contribution is -2.42. The second-order valence-electron chi connectivity index (χ2n) is 6.50. The normalized spacial score (nSPS) is 20.6. The van der Waals surface area contributed by atoms with E-state index >= 15 is 0 Å². The van der Waals surface area contributed by atoms with Crippen molar-refractivity contribution in [3.8, 4) is 0 Å². The van der Waals surface area contributed by atoms with Crippen molar-refractivity contribution in [2.45, 2.75) is 39.0 Å². The molecule has 1 aliphatic carbocycles. The monoisotopic (exact) mass is 285 g/mol. The van der Waals surface area contributed by atoms with Crippen LogP contribution in [0.1, 0.15) is 38.2 Å². The fourth-order valence-corrected chi connectivity index (χ4v) is 3.56. The van der Waals surface area contributed by atoms with E-state index < -0.39 is 0 Å². The van der Waals surface area contributed by atoms with Crippen LogP contribution in [0.4, 0.5) is 0 Å². The van der Waals surface area contributed by atoms with Gasteiger partial charge in [-0.2, -0.15) is 0 Å². The molecular weight excluding hydrogens is 258 g/mol. The average Bonchev–Trinajstić information content (AvgIpc) is 2.93. The first-order valence-electron chi connectivity index (χ1n) is 8.39. The summed E-state index contributed by atoms with van der Waals surface area (Å²) in [5.74, 6) is 1.12. The Labute approximate surface area is 128 Å². The van der Waals surface area contributed by atoms with Crippen LogP contribution in [0.3, 0.4) is 0 Å². The van der Waals surface area contributed by atoms with Crippen molar-refractivity contribution in [2.75, 3.05) is 26.2 Å². The van der Waals surface area contributed by atoms with Crippen molar-refractivity contribution >= 4 is 5.96 Å². The number of likely N-dealkylation sites (tertiary alicyclic amines) is 1. The number of rotatable bonds is 4. The van der Waals surface area contributed by atoms with Gasteiger partial charge in [0.2, 0.25) is 0 Å². The molecule has 3 rings (SSSR count). The predicted octanol–water partition coefficient (Wildman–Crippen LogP) is 3.07. The summed E-state index contributed by atoms with van der Waals surface area (Å²) in [5.41, 5.74) is 2.00. The summed E-state index contributed by atoms with van der Waals surface area (Å²) in [6.07, 6.45) is 6.65. The fourth-order valence-electron chi connectivity index (χ4n) is 3.56. The zero-order valence-corrected chi connectivity index (χ0v) is 13.1. The zero-order chi connectivity index (χ0) is 14.5. The van der Waals surface area contributed by atoms with Crippen molar-refractivity contribution in [2.24, 2.45) is 10.4 Å². The molecule has 2 fully saturated rings. The molecule has 0 atom stereocenters. The second kappa shape index (κ2) is 6.50. The minimum absolute atomic E-state index is 0.635. The average molecular weight is 285 g/mol. The number of nitrogens with zero attached hydrogens (tertiary/aromatic N) is 2. The van der Waals surface area contributed by atoms with Crippen molar-refractivity contribution < 1.29 is 0 Å². The molecule has 0 amide bonds. The van der Waals surface area contributed by atoms with Crippen LogP contribution >= 0.6 is 0 Å². The van der Waals surface area contributed by atoms with Gasteiger partial charge in [-0.05, 0) is 43.6 Å². The maximum absolute atomic E-state index is 4.85. The van der Waals surface area contributed by atoms with Crippen LogP contribution in [0.5, 0.6) is 0 Å². The molecule has 1 N–H and O–H groups in total. The maximum atomic E-state index is 4.85.